The van der Waals surface area contributed by atoms with E-state index >= 15 is 4.39 Å². The van der Waals surface area contributed by atoms with Crippen molar-refractivity contribution in [3.63, 3.8) is 0 Å². The SMILES string of the molecule is CC(C)[Si](C#Cc1cccc2cccc(-c3ccc4c(N(C)[C@@H]5CCN(C(=O)OC(C)(C)C)C5)nc(OC[C@@]56CCCN5C[C@H](F)C6)nc4c3F)c12)(C(C)C)C(C)C. The highest BCUT2D eigenvalue weighted by atomic mass is 28.3. The molecule has 0 unspecified atom stereocenters. The molecule has 1 aromatic heterocycles. The third-order valence-electron chi connectivity index (χ3n) is 13.2. The first-order valence-electron chi connectivity index (χ1n) is 21.2. The van der Waals surface area contributed by atoms with Crippen LogP contribution in [0.25, 0.3) is 32.8 Å². The lowest BCUT2D eigenvalue weighted by Crippen LogP contribution is -2.43. The van der Waals surface area contributed by atoms with Gasteiger partial charge >= 0.3 is 12.1 Å². The van der Waals surface area contributed by atoms with Crippen LogP contribution in [0, 0.1) is 17.3 Å². The maximum Gasteiger partial charge on any atom is 0.410 e. The highest BCUT2D eigenvalue weighted by molar-refractivity contribution is 6.90. The number of benzene rings is 3. The lowest BCUT2D eigenvalue weighted by molar-refractivity contribution is 0.0292. The number of halogens is 2. The summed E-state index contributed by atoms with van der Waals surface area (Å²) in [4.78, 5) is 28.6. The summed E-state index contributed by atoms with van der Waals surface area (Å²) in [5.41, 5.74) is 6.47. The van der Waals surface area contributed by atoms with Crippen LogP contribution in [0.5, 0.6) is 6.01 Å². The minimum Gasteiger partial charge on any atom is -0.461 e. The molecule has 0 aliphatic carbocycles. The van der Waals surface area contributed by atoms with E-state index in [4.69, 9.17) is 19.4 Å². The number of carbonyl (C=O) groups excluding carboxylic acids is 1. The molecular formula is C47H61F2N5O3Si. The summed E-state index contributed by atoms with van der Waals surface area (Å²) in [6.45, 7) is 21.8. The lowest BCUT2D eigenvalue weighted by Gasteiger charge is -2.38. The van der Waals surface area contributed by atoms with Crippen LogP contribution in [0.3, 0.4) is 0 Å². The Morgan fingerprint density at radius 2 is 1.69 bits per heavy atom. The molecule has 3 fully saturated rings. The van der Waals surface area contributed by atoms with Gasteiger partial charge in [0.25, 0.3) is 0 Å². The van der Waals surface area contributed by atoms with E-state index in [2.05, 4.69) is 76.1 Å². The molecule has 0 spiro atoms. The molecular weight excluding hydrogens is 749 g/mol. The van der Waals surface area contributed by atoms with Gasteiger partial charge in [0.15, 0.2) is 5.82 Å². The van der Waals surface area contributed by atoms with Crippen molar-refractivity contribution >= 4 is 41.7 Å². The Kier molecular flexibility index (Phi) is 11.6. The van der Waals surface area contributed by atoms with Crippen LogP contribution >= 0.6 is 0 Å². The predicted octanol–water partition coefficient (Wildman–Crippen LogP) is 10.6. The van der Waals surface area contributed by atoms with Crippen LogP contribution < -0.4 is 9.64 Å². The highest BCUT2D eigenvalue weighted by Crippen LogP contribution is 2.43. The zero-order valence-electron chi connectivity index (χ0n) is 36.1. The number of fused-ring (bicyclic) bond motifs is 3. The monoisotopic (exact) mass is 809 g/mol. The van der Waals surface area contributed by atoms with Crippen molar-refractivity contribution in [1.29, 1.82) is 0 Å². The van der Waals surface area contributed by atoms with Crippen LogP contribution in [-0.4, -0.2) is 97.1 Å². The Bertz CT molecular complexity index is 2220. The number of anilines is 1. The molecule has 11 heteroatoms. The summed E-state index contributed by atoms with van der Waals surface area (Å²) in [7, 11) is -0.128. The van der Waals surface area contributed by atoms with Crippen LogP contribution in [0.1, 0.15) is 93.6 Å². The summed E-state index contributed by atoms with van der Waals surface area (Å²) in [5, 5.41) is 2.44. The molecule has 0 saturated carbocycles. The summed E-state index contributed by atoms with van der Waals surface area (Å²) in [5.74, 6) is 3.70. The molecule has 310 valence electrons. The second-order valence-corrected chi connectivity index (χ2v) is 24.4. The molecule has 0 radical (unpaired) electrons. The summed E-state index contributed by atoms with van der Waals surface area (Å²) in [6, 6.07) is 15.8. The second-order valence-electron chi connectivity index (χ2n) is 18.9. The number of likely N-dealkylation sites (N-methyl/N-ethyl adjacent to an activating group) is 1. The molecule has 0 N–H and O–H groups in total. The number of amides is 1. The Hall–Kier alpha value is -4.27. The molecule has 0 bridgehead atoms. The topological polar surface area (TPSA) is 71.0 Å². The number of hydrogen-bond acceptors (Lipinski definition) is 7. The van der Waals surface area contributed by atoms with Gasteiger partial charge in [-0.05, 0) is 86.3 Å². The molecule has 3 aliphatic rings. The van der Waals surface area contributed by atoms with Crippen LogP contribution in [-0.2, 0) is 4.74 Å². The van der Waals surface area contributed by atoms with E-state index in [1.54, 1.807) is 4.90 Å². The van der Waals surface area contributed by atoms with Crippen molar-refractivity contribution in [2.75, 3.05) is 44.7 Å². The predicted molar refractivity (Wildman–Crippen MR) is 234 cm³/mol. The van der Waals surface area contributed by atoms with Gasteiger partial charge in [0.2, 0.25) is 0 Å². The fourth-order valence-electron chi connectivity index (χ4n) is 10.3. The van der Waals surface area contributed by atoms with Gasteiger partial charge in [-0.2, -0.15) is 9.97 Å². The molecule has 4 aromatic rings. The third kappa shape index (κ3) is 7.79. The Labute approximate surface area is 344 Å². The maximum absolute atomic E-state index is 17.5. The Morgan fingerprint density at radius 1 is 0.983 bits per heavy atom. The molecule has 58 heavy (non-hydrogen) atoms. The van der Waals surface area contributed by atoms with Crippen LogP contribution in [0.4, 0.5) is 19.4 Å². The van der Waals surface area contributed by atoms with E-state index in [0.29, 0.717) is 65.9 Å². The normalized spacial score (nSPS) is 21.3. The highest BCUT2D eigenvalue weighted by Gasteiger charge is 2.49. The smallest absolute Gasteiger partial charge is 0.410 e. The summed E-state index contributed by atoms with van der Waals surface area (Å²) >= 11 is 0. The number of ether oxygens (including phenoxy) is 2. The Balaban J connectivity index is 1.33. The molecule has 3 aromatic carbocycles. The standard InChI is InChI=1S/C47H61F2N5O3Si/c1-30(2)58(31(3)4,32(5)6)25-21-34-15-11-14-33-16-12-17-37(40(33)34)38-18-19-39-42(41(38)49)50-44(56-29-47-22-13-23-54(47)27-35(48)26-47)51-43(39)52(10)36-20-24-53(28-36)45(55)57-46(7,8)9/h11-12,14-19,30-32,35-36H,13,20,22-24,26-29H2,1-10H3/t35-,36-,47+/m1/s1. The molecule has 1 amide bonds. The van der Waals surface area contributed by atoms with Crippen molar-refractivity contribution in [2.45, 2.75) is 128 Å². The second kappa shape index (κ2) is 16.1. The first-order valence-corrected chi connectivity index (χ1v) is 23.5. The van der Waals surface area contributed by atoms with Gasteiger partial charge < -0.3 is 19.3 Å². The van der Waals surface area contributed by atoms with Gasteiger partial charge in [-0.1, -0.05) is 83.9 Å². The van der Waals surface area contributed by atoms with Crippen LogP contribution in [0.2, 0.25) is 16.6 Å². The number of nitrogens with zero attached hydrogens (tertiary/aromatic N) is 5. The number of carbonyl (C=O) groups is 1. The van der Waals surface area contributed by atoms with Crippen molar-refractivity contribution in [3.05, 3.63) is 59.9 Å². The van der Waals surface area contributed by atoms with Gasteiger partial charge in [-0.25, -0.2) is 13.6 Å². The summed E-state index contributed by atoms with van der Waals surface area (Å²) in [6.07, 6.45) is 1.62. The third-order valence-corrected chi connectivity index (χ3v) is 19.5. The minimum atomic E-state index is -2.05. The largest absolute Gasteiger partial charge is 0.461 e. The van der Waals surface area contributed by atoms with Crippen molar-refractivity contribution in [3.8, 4) is 28.6 Å². The minimum absolute atomic E-state index is 0.0535. The molecule has 4 heterocycles. The van der Waals surface area contributed by atoms with Crippen molar-refractivity contribution in [1.82, 2.24) is 19.8 Å². The zero-order chi connectivity index (χ0) is 41.7. The number of likely N-dealkylation sites (tertiary alicyclic amines) is 1. The van der Waals surface area contributed by atoms with Crippen molar-refractivity contribution < 1.29 is 23.0 Å². The molecule has 3 aliphatic heterocycles. The van der Waals surface area contributed by atoms with Gasteiger partial charge in [0.05, 0.1) is 5.54 Å². The molecule has 3 saturated heterocycles. The average molecular weight is 810 g/mol. The van der Waals surface area contributed by atoms with Crippen LogP contribution in [0.15, 0.2) is 48.5 Å². The quantitative estimate of drug-likeness (QED) is 0.123. The lowest BCUT2D eigenvalue weighted by atomic mass is 9.93. The van der Waals surface area contributed by atoms with E-state index in [0.717, 1.165) is 41.3 Å². The molecule has 8 nitrogen and oxygen atoms in total. The number of aromatic nitrogens is 2. The number of hydrogen-bond donors (Lipinski definition) is 0. The maximum atomic E-state index is 17.5. The first-order chi connectivity index (χ1) is 27.4. The van der Waals surface area contributed by atoms with E-state index in [1.165, 1.54) is 0 Å². The first kappa shape index (κ1) is 41.9. The van der Waals surface area contributed by atoms with Gasteiger partial charge in [-0.3, -0.25) is 4.90 Å². The van der Waals surface area contributed by atoms with Crippen molar-refractivity contribution in [2.24, 2.45) is 0 Å². The van der Waals surface area contributed by atoms with E-state index in [1.807, 2.05) is 63.1 Å². The van der Waals surface area contributed by atoms with E-state index in [9.17, 15) is 9.18 Å². The van der Waals surface area contributed by atoms with Gasteiger partial charge in [0.1, 0.15) is 37.8 Å². The fourth-order valence-corrected chi connectivity index (χ4v) is 15.5. The number of rotatable bonds is 9. The number of alkyl halides is 1. The average Bonchev–Trinajstić information content (AvgIpc) is 3.88. The fraction of sp³-hybridized carbons (Fsp3) is 0.553. The van der Waals surface area contributed by atoms with E-state index < -0.39 is 31.2 Å². The van der Waals surface area contributed by atoms with Gasteiger partial charge in [0, 0.05) is 61.0 Å². The summed E-state index contributed by atoms with van der Waals surface area (Å²) < 4.78 is 44.3. The molecule has 3 atom stereocenters. The Morgan fingerprint density at radius 3 is 2.38 bits per heavy atom. The van der Waals surface area contributed by atoms with Gasteiger partial charge in [-0.15, -0.1) is 5.54 Å². The molecule has 7 rings (SSSR count). The zero-order valence-corrected chi connectivity index (χ0v) is 37.1. The van der Waals surface area contributed by atoms with E-state index in [-0.39, 0.29) is 30.3 Å².